The van der Waals surface area contributed by atoms with Crippen LogP contribution in [0.2, 0.25) is 0 Å². The van der Waals surface area contributed by atoms with Crippen molar-refractivity contribution in [2.24, 2.45) is 0 Å². The Morgan fingerprint density at radius 2 is 2.25 bits per heavy atom. The third-order valence-corrected chi connectivity index (χ3v) is 3.51. The fourth-order valence-corrected chi connectivity index (χ4v) is 2.62. The van der Waals surface area contributed by atoms with Crippen molar-refractivity contribution in [2.45, 2.75) is 32.7 Å². The minimum absolute atomic E-state index is 0.666. The molecule has 16 heavy (non-hydrogen) atoms. The number of hydrogen-bond acceptors (Lipinski definition) is 2. The number of rotatable bonds is 4. The van der Waals surface area contributed by atoms with Crippen LogP contribution in [0.3, 0.4) is 0 Å². The zero-order valence-electron chi connectivity index (χ0n) is 10.6. The lowest BCUT2D eigenvalue weighted by molar-refractivity contribution is 0.690. The van der Waals surface area contributed by atoms with Gasteiger partial charge in [-0.25, -0.2) is 0 Å². The second-order valence-corrected chi connectivity index (χ2v) is 4.66. The van der Waals surface area contributed by atoms with E-state index < -0.39 is 0 Å². The lowest BCUT2D eigenvalue weighted by Gasteiger charge is -2.23. The highest BCUT2D eigenvalue weighted by Crippen LogP contribution is 2.32. The summed E-state index contributed by atoms with van der Waals surface area (Å²) >= 11 is 0. The Morgan fingerprint density at radius 3 is 2.94 bits per heavy atom. The maximum absolute atomic E-state index is 3.20. The van der Waals surface area contributed by atoms with Gasteiger partial charge in [0.25, 0.3) is 0 Å². The smallest absolute Gasteiger partial charge is 0.0404 e. The average Bonchev–Trinajstić information content (AvgIpc) is 2.61. The van der Waals surface area contributed by atoms with E-state index in [1.165, 1.54) is 23.2 Å². The van der Waals surface area contributed by atoms with Crippen molar-refractivity contribution in [3.8, 4) is 0 Å². The van der Waals surface area contributed by atoms with Crippen molar-refractivity contribution in [3.63, 3.8) is 0 Å². The van der Waals surface area contributed by atoms with E-state index in [0.717, 1.165) is 19.5 Å². The van der Waals surface area contributed by atoms with Gasteiger partial charge in [-0.2, -0.15) is 0 Å². The Balaban J connectivity index is 2.21. The van der Waals surface area contributed by atoms with Crippen LogP contribution in [0.15, 0.2) is 18.2 Å². The fourth-order valence-electron chi connectivity index (χ4n) is 2.62. The summed E-state index contributed by atoms with van der Waals surface area (Å²) < 4.78 is 0. The third kappa shape index (κ3) is 2.07. The largest absolute Gasteiger partial charge is 0.369 e. The van der Waals surface area contributed by atoms with Gasteiger partial charge in [-0.1, -0.05) is 12.1 Å². The Hall–Kier alpha value is -1.02. The topological polar surface area (TPSA) is 15.3 Å². The summed E-state index contributed by atoms with van der Waals surface area (Å²) in [5.41, 5.74) is 4.42. The summed E-state index contributed by atoms with van der Waals surface area (Å²) in [5.74, 6) is 0. The highest BCUT2D eigenvalue weighted by Gasteiger charge is 2.24. The number of benzene rings is 1. The maximum atomic E-state index is 3.20. The molecule has 1 N–H and O–H groups in total. The van der Waals surface area contributed by atoms with E-state index in [0.29, 0.717) is 6.04 Å². The first-order valence-corrected chi connectivity index (χ1v) is 6.29. The van der Waals surface area contributed by atoms with Crippen LogP contribution in [0, 0.1) is 0 Å². The quantitative estimate of drug-likeness (QED) is 0.833. The second-order valence-electron chi connectivity index (χ2n) is 4.66. The van der Waals surface area contributed by atoms with E-state index in [4.69, 9.17) is 0 Å². The summed E-state index contributed by atoms with van der Waals surface area (Å²) in [4.78, 5) is 2.51. The van der Waals surface area contributed by atoms with Gasteiger partial charge in [0.05, 0.1) is 0 Å². The first-order valence-electron chi connectivity index (χ1n) is 6.29. The molecule has 0 fully saturated rings. The van der Waals surface area contributed by atoms with Crippen molar-refractivity contribution in [1.29, 1.82) is 0 Å². The minimum atomic E-state index is 0.666. The molecule has 1 heterocycles. The molecule has 0 amide bonds. The van der Waals surface area contributed by atoms with Gasteiger partial charge >= 0.3 is 0 Å². The predicted molar refractivity (Wildman–Crippen MR) is 70.3 cm³/mol. The Kier molecular flexibility index (Phi) is 3.49. The van der Waals surface area contributed by atoms with Crippen LogP contribution in [0.5, 0.6) is 0 Å². The number of likely N-dealkylation sites (N-methyl/N-ethyl adjacent to an activating group) is 2. The lowest BCUT2D eigenvalue weighted by Crippen LogP contribution is -2.28. The summed E-state index contributed by atoms with van der Waals surface area (Å²) in [7, 11) is 2.01. The molecule has 0 radical (unpaired) electrons. The van der Waals surface area contributed by atoms with Gasteiger partial charge in [-0.15, -0.1) is 0 Å². The van der Waals surface area contributed by atoms with Gasteiger partial charge < -0.3 is 10.2 Å². The Bertz CT molecular complexity index is 360. The second kappa shape index (κ2) is 4.88. The van der Waals surface area contributed by atoms with Crippen LogP contribution in [-0.2, 0) is 12.8 Å². The van der Waals surface area contributed by atoms with Crippen LogP contribution in [-0.4, -0.2) is 26.2 Å². The summed E-state index contributed by atoms with van der Waals surface area (Å²) in [6.45, 7) is 6.73. The number of hydrogen-bond donors (Lipinski definition) is 1. The van der Waals surface area contributed by atoms with Crippen LogP contribution in [0.1, 0.15) is 25.0 Å². The molecule has 0 aromatic heterocycles. The molecule has 0 saturated carbocycles. The molecule has 0 bridgehead atoms. The van der Waals surface area contributed by atoms with Gasteiger partial charge in [0, 0.05) is 18.3 Å². The van der Waals surface area contributed by atoms with Gasteiger partial charge in [0.1, 0.15) is 0 Å². The van der Waals surface area contributed by atoms with Gasteiger partial charge in [0.15, 0.2) is 0 Å². The first kappa shape index (κ1) is 11.5. The molecular formula is C14H22N2. The molecule has 1 aromatic rings. The third-order valence-electron chi connectivity index (χ3n) is 3.51. The molecule has 88 valence electrons. The number of fused-ring (bicyclic) bond motifs is 1. The lowest BCUT2D eigenvalue weighted by atomic mass is 10.1. The van der Waals surface area contributed by atoms with Gasteiger partial charge in [-0.3, -0.25) is 0 Å². The monoisotopic (exact) mass is 218 g/mol. The number of anilines is 1. The molecule has 1 aliphatic rings. The SMILES string of the molecule is CCN1c2cc(CCNC)ccc2CC1C. The highest BCUT2D eigenvalue weighted by molar-refractivity contribution is 5.60. The van der Waals surface area contributed by atoms with E-state index in [1.807, 2.05) is 7.05 Å². The number of nitrogens with one attached hydrogen (secondary N) is 1. The van der Waals surface area contributed by atoms with E-state index in [1.54, 1.807) is 0 Å². The molecule has 1 aliphatic heterocycles. The van der Waals surface area contributed by atoms with Crippen molar-refractivity contribution in [3.05, 3.63) is 29.3 Å². The molecule has 2 heteroatoms. The van der Waals surface area contributed by atoms with Crippen LogP contribution < -0.4 is 10.2 Å². The molecule has 0 spiro atoms. The fraction of sp³-hybridized carbons (Fsp3) is 0.571. The zero-order valence-corrected chi connectivity index (χ0v) is 10.6. The molecule has 1 aromatic carbocycles. The predicted octanol–water partition coefficient (Wildman–Crippen LogP) is 2.22. The zero-order chi connectivity index (χ0) is 11.5. The molecule has 0 aliphatic carbocycles. The van der Waals surface area contributed by atoms with Crippen molar-refractivity contribution < 1.29 is 0 Å². The summed E-state index contributed by atoms with van der Waals surface area (Å²) in [6, 6.07) is 7.63. The normalized spacial score (nSPS) is 18.9. The molecule has 1 atom stereocenters. The standard InChI is InChI=1S/C14H22N2/c1-4-16-11(2)9-13-6-5-12(7-8-15-3)10-14(13)16/h5-6,10-11,15H,4,7-9H2,1-3H3. The van der Waals surface area contributed by atoms with Crippen LogP contribution >= 0.6 is 0 Å². The Labute approximate surface area is 98.7 Å². The molecule has 1 unspecified atom stereocenters. The summed E-state index contributed by atoms with van der Waals surface area (Å²) in [6.07, 6.45) is 2.32. The van der Waals surface area contributed by atoms with E-state index in [2.05, 4.69) is 42.3 Å². The van der Waals surface area contributed by atoms with Crippen molar-refractivity contribution in [2.75, 3.05) is 25.0 Å². The van der Waals surface area contributed by atoms with Crippen molar-refractivity contribution in [1.82, 2.24) is 5.32 Å². The first-order chi connectivity index (χ1) is 7.76. The Morgan fingerprint density at radius 1 is 1.44 bits per heavy atom. The number of nitrogens with zero attached hydrogens (tertiary/aromatic N) is 1. The van der Waals surface area contributed by atoms with E-state index in [9.17, 15) is 0 Å². The maximum Gasteiger partial charge on any atom is 0.0404 e. The average molecular weight is 218 g/mol. The molecule has 2 nitrogen and oxygen atoms in total. The molecule has 0 saturated heterocycles. The van der Waals surface area contributed by atoms with Crippen LogP contribution in [0.25, 0.3) is 0 Å². The van der Waals surface area contributed by atoms with Crippen LogP contribution in [0.4, 0.5) is 5.69 Å². The minimum Gasteiger partial charge on any atom is -0.369 e. The molecule has 2 rings (SSSR count). The van der Waals surface area contributed by atoms with Gasteiger partial charge in [-0.05, 0) is 57.5 Å². The van der Waals surface area contributed by atoms with E-state index >= 15 is 0 Å². The molecular weight excluding hydrogens is 196 g/mol. The van der Waals surface area contributed by atoms with Gasteiger partial charge in [0.2, 0.25) is 0 Å². The van der Waals surface area contributed by atoms with E-state index in [-0.39, 0.29) is 0 Å². The summed E-state index contributed by atoms with van der Waals surface area (Å²) in [5, 5.41) is 3.20. The van der Waals surface area contributed by atoms with Crippen molar-refractivity contribution >= 4 is 5.69 Å². The highest BCUT2D eigenvalue weighted by atomic mass is 15.2.